The van der Waals surface area contributed by atoms with Gasteiger partial charge in [0.2, 0.25) is 0 Å². The van der Waals surface area contributed by atoms with E-state index in [0.717, 1.165) is 11.3 Å². The lowest BCUT2D eigenvalue weighted by Gasteiger charge is -2.13. The molecule has 2 aromatic rings. The van der Waals surface area contributed by atoms with Gasteiger partial charge in [0, 0.05) is 6.07 Å². The van der Waals surface area contributed by atoms with Crippen LogP contribution in [0.1, 0.15) is 16.7 Å². The molecule has 0 saturated heterocycles. The summed E-state index contributed by atoms with van der Waals surface area (Å²) in [4.78, 5) is 0. The average molecular weight is 301 g/mol. The molecule has 118 valence electrons. The molecule has 0 aromatic heterocycles. The highest BCUT2D eigenvalue weighted by molar-refractivity contribution is 5.56. The number of hydrogen-bond donors (Lipinski definition) is 1. The predicted octanol–water partition coefficient (Wildman–Crippen LogP) is 3.66. The molecule has 0 spiro atoms. The molecule has 0 aliphatic rings. The average Bonchev–Trinajstić information content (AvgIpc) is 2.49. The number of aryl methyl sites for hydroxylation is 3. The summed E-state index contributed by atoms with van der Waals surface area (Å²) in [5.41, 5.74) is 10.1. The maximum absolute atomic E-state index is 5.91. The van der Waals surface area contributed by atoms with Gasteiger partial charge in [0.15, 0.2) is 0 Å². The first kappa shape index (κ1) is 16.0. The smallest absolute Gasteiger partial charge is 0.142 e. The predicted molar refractivity (Wildman–Crippen MR) is 89.0 cm³/mol. The molecule has 0 aliphatic carbocycles. The van der Waals surface area contributed by atoms with Crippen LogP contribution in [0.25, 0.3) is 0 Å². The number of benzene rings is 2. The lowest BCUT2D eigenvalue weighted by atomic mass is 10.1. The highest BCUT2D eigenvalue weighted by atomic mass is 16.5. The van der Waals surface area contributed by atoms with Gasteiger partial charge in [-0.05, 0) is 55.7 Å². The van der Waals surface area contributed by atoms with Crippen molar-refractivity contribution in [3.05, 3.63) is 47.0 Å². The number of nitrogen functional groups attached to an aromatic ring is 1. The summed E-state index contributed by atoms with van der Waals surface area (Å²) in [5, 5.41) is 0. The van der Waals surface area contributed by atoms with Crippen LogP contribution in [-0.2, 0) is 0 Å². The fourth-order valence-electron chi connectivity index (χ4n) is 2.18. The lowest BCUT2D eigenvalue weighted by molar-refractivity contribution is 0.217. The minimum atomic E-state index is 0.433. The van der Waals surface area contributed by atoms with Crippen molar-refractivity contribution in [1.82, 2.24) is 0 Å². The second-order valence-electron chi connectivity index (χ2n) is 5.30. The van der Waals surface area contributed by atoms with Gasteiger partial charge in [-0.3, -0.25) is 0 Å². The van der Waals surface area contributed by atoms with E-state index in [4.69, 9.17) is 19.9 Å². The van der Waals surface area contributed by atoms with Crippen molar-refractivity contribution in [3.63, 3.8) is 0 Å². The van der Waals surface area contributed by atoms with Crippen LogP contribution in [0.15, 0.2) is 30.3 Å². The minimum Gasteiger partial charge on any atom is -0.497 e. The fraction of sp³-hybridized carbons (Fsp3) is 0.333. The highest BCUT2D eigenvalue weighted by Gasteiger charge is 2.05. The summed E-state index contributed by atoms with van der Waals surface area (Å²) in [6, 6.07) is 9.55. The Morgan fingerprint density at radius 3 is 2.09 bits per heavy atom. The van der Waals surface area contributed by atoms with Gasteiger partial charge in [0.25, 0.3) is 0 Å². The fourth-order valence-corrected chi connectivity index (χ4v) is 2.18. The van der Waals surface area contributed by atoms with Crippen molar-refractivity contribution in [2.45, 2.75) is 20.8 Å². The minimum absolute atomic E-state index is 0.433. The first-order chi connectivity index (χ1) is 10.5. The van der Waals surface area contributed by atoms with Crippen LogP contribution in [0, 0.1) is 20.8 Å². The second-order valence-corrected chi connectivity index (χ2v) is 5.30. The van der Waals surface area contributed by atoms with Crippen LogP contribution >= 0.6 is 0 Å². The molecule has 0 amide bonds. The van der Waals surface area contributed by atoms with Crippen LogP contribution in [-0.4, -0.2) is 20.3 Å². The zero-order chi connectivity index (χ0) is 16.1. The van der Waals surface area contributed by atoms with E-state index < -0.39 is 0 Å². The monoisotopic (exact) mass is 301 g/mol. The van der Waals surface area contributed by atoms with E-state index in [1.54, 1.807) is 19.2 Å². The Morgan fingerprint density at radius 2 is 1.45 bits per heavy atom. The molecule has 0 heterocycles. The van der Waals surface area contributed by atoms with Crippen LogP contribution in [0.4, 0.5) is 5.69 Å². The van der Waals surface area contributed by atoms with Crippen LogP contribution in [0.5, 0.6) is 17.2 Å². The van der Waals surface area contributed by atoms with Gasteiger partial charge >= 0.3 is 0 Å². The molecule has 4 heteroatoms. The summed E-state index contributed by atoms with van der Waals surface area (Å²) >= 11 is 0. The van der Waals surface area contributed by atoms with Crippen molar-refractivity contribution in [2.75, 3.05) is 26.1 Å². The Bertz CT molecular complexity index is 653. The molecule has 2 rings (SSSR count). The third-order valence-electron chi connectivity index (χ3n) is 3.61. The Labute approximate surface area is 131 Å². The summed E-state index contributed by atoms with van der Waals surface area (Å²) in [6.45, 7) is 7.12. The lowest BCUT2D eigenvalue weighted by Crippen LogP contribution is -2.10. The van der Waals surface area contributed by atoms with E-state index in [2.05, 4.69) is 26.0 Å². The van der Waals surface area contributed by atoms with E-state index in [9.17, 15) is 0 Å². The Hall–Kier alpha value is -2.36. The van der Waals surface area contributed by atoms with E-state index in [1.165, 1.54) is 11.1 Å². The molecule has 2 N–H and O–H groups in total. The largest absolute Gasteiger partial charge is 0.497 e. The molecular formula is C18H23NO3. The van der Waals surface area contributed by atoms with Crippen molar-refractivity contribution in [3.8, 4) is 17.2 Å². The number of rotatable bonds is 6. The zero-order valence-corrected chi connectivity index (χ0v) is 13.6. The van der Waals surface area contributed by atoms with Crippen molar-refractivity contribution in [1.29, 1.82) is 0 Å². The number of ether oxygens (including phenoxy) is 3. The Balaban J connectivity index is 1.88. The molecule has 0 fully saturated rings. The van der Waals surface area contributed by atoms with Gasteiger partial charge in [0.1, 0.15) is 30.5 Å². The zero-order valence-electron chi connectivity index (χ0n) is 13.6. The SMILES string of the molecule is COc1ccc(OCCOc2cc(C)c(C)cc2C)c(N)c1. The third kappa shape index (κ3) is 3.85. The van der Waals surface area contributed by atoms with Crippen molar-refractivity contribution >= 4 is 5.69 Å². The number of hydrogen-bond acceptors (Lipinski definition) is 4. The van der Waals surface area contributed by atoms with Crippen LogP contribution in [0.2, 0.25) is 0 Å². The third-order valence-corrected chi connectivity index (χ3v) is 3.61. The molecule has 0 saturated carbocycles. The molecule has 2 aromatic carbocycles. The van der Waals surface area contributed by atoms with Gasteiger partial charge in [-0.25, -0.2) is 0 Å². The number of methoxy groups -OCH3 is 1. The normalized spacial score (nSPS) is 10.4. The Kier molecular flexibility index (Phi) is 5.15. The molecule has 4 nitrogen and oxygen atoms in total. The maximum atomic E-state index is 5.91. The van der Waals surface area contributed by atoms with Gasteiger partial charge in [0.05, 0.1) is 12.8 Å². The number of anilines is 1. The number of nitrogens with two attached hydrogens (primary N) is 1. The van der Waals surface area contributed by atoms with Crippen molar-refractivity contribution in [2.24, 2.45) is 0 Å². The van der Waals surface area contributed by atoms with Crippen molar-refractivity contribution < 1.29 is 14.2 Å². The van der Waals surface area contributed by atoms with Gasteiger partial charge < -0.3 is 19.9 Å². The van der Waals surface area contributed by atoms with E-state index in [0.29, 0.717) is 30.4 Å². The highest BCUT2D eigenvalue weighted by Crippen LogP contribution is 2.26. The quantitative estimate of drug-likeness (QED) is 0.653. The first-order valence-electron chi connectivity index (χ1n) is 7.28. The molecule has 0 unspecified atom stereocenters. The van der Waals surface area contributed by atoms with Crippen LogP contribution in [0.3, 0.4) is 0 Å². The van der Waals surface area contributed by atoms with E-state index in [-0.39, 0.29) is 0 Å². The summed E-state index contributed by atoms with van der Waals surface area (Å²) in [7, 11) is 1.61. The van der Waals surface area contributed by atoms with E-state index >= 15 is 0 Å². The standard InChI is InChI=1S/C18H23NO3/c1-12-9-14(3)18(10-13(12)2)22-8-7-21-17-6-5-15(20-4)11-16(17)19/h5-6,9-11H,7-8,19H2,1-4H3. The molecule has 22 heavy (non-hydrogen) atoms. The summed E-state index contributed by atoms with van der Waals surface area (Å²) in [5.74, 6) is 2.25. The van der Waals surface area contributed by atoms with E-state index in [1.807, 2.05) is 13.0 Å². The molecule has 0 radical (unpaired) electrons. The molecule has 0 aliphatic heterocycles. The molecule has 0 bridgehead atoms. The van der Waals surface area contributed by atoms with Gasteiger partial charge in [-0.1, -0.05) is 6.07 Å². The summed E-state index contributed by atoms with van der Waals surface area (Å²) < 4.78 is 16.5. The topological polar surface area (TPSA) is 53.7 Å². The second kappa shape index (κ2) is 7.07. The maximum Gasteiger partial charge on any atom is 0.142 e. The van der Waals surface area contributed by atoms with Gasteiger partial charge in [-0.2, -0.15) is 0 Å². The first-order valence-corrected chi connectivity index (χ1v) is 7.28. The Morgan fingerprint density at radius 1 is 0.818 bits per heavy atom. The van der Waals surface area contributed by atoms with Crippen LogP contribution < -0.4 is 19.9 Å². The van der Waals surface area contributed by atoms with Gasteiger partial charge in [-0.15, -0.1) is 0 Å². The molecule has 0 atom stereocenters. The summed E-state index contributed by atoms with van der Waals surface area (Å²) in [6.07, 6.45) is 0. The molecular weight excluding hydrogens is 278 g/mol.